The van der Waals surface area contributed by atoms with Crippen LogP contribution in [-0.2, 0) is 6.54 Å². The monoisotopic (exact) mass is 498 g/mol. The van der Waals surface area contributed by atoms with Crippen LogP contribution in [0, 0.1) is 5.41 Å². The second-order valence-electron chi connectivity index (χ2n) is 7.09. The average molecular weight is 498 g/mol. The zero-order valence-corrected chi connectivity index (χ0v) is 19.2. The number of H-pyrrole nitrogens is 1. The number of nitrogens with one attached hydrogen (secondary N) is 3. The van der Waals surface area contributed by atoms with E-state index in [0.29, 0.717) is 17.8 Å². The zero-order valence-electron chi connectivity index (χ0n) is 16.9. The lowest BCUT2D eigenvalue weighted by Crippen LogP contribution is -2.46. The van der Waals surface area contributed by atoms with Crippen molar-refractivity contribution in [1.82, 2.24) is 25.8 Å². The standard InChI is InChI=1S/C20H30N6O.HI/c1-4-20(11-6-12-20)14-23-19(21-5-2)22-13-17-24-18(26-25-17)15-7-9-16(27-3)10-8-15;/h7-10H,4-6,11-14H2,1-3H3,(H2,21,22,23)(H,24,25,26);1H. The van der Waals surface area contributed by atoms with Crippen LogP contribution in [0.4, 0.5) is 0 Å². The third-order valence-corrected chi connectivity index (χ3v) is 5.41. The van der Waals surface area contributed by atoms with Crippen LogP contribution in [0.3, 0.4) is 0 Å². The number of nitrogens with zero attached hydrogens (tertiary/aromatic N) is 3. The Labute approximate surface area is 184 Å². The molecule has 0 spiro atoms. The molecule has 1 aliphatic rings. The topological polar surface area (TPSA) is 87.2 Å². The summed E-state index contributed by atoms with van der Waals surface area (Å²) in [4.78, 5) is 9.20. The summed E-state index contributed by atoms with van der Waals surface area (Å²) in [5, 5.41) is 14.1. The van der Waals surface area contributed by atoms with Crippen molar-refractivity contribution >= 4 is 29.9 Å². The number of methoxy groups -OCH3 is 1. The summed E-state index contributed by atoms with van der Waals surface area (Å²) < 4.78 is 5.18. The van der Waals surface area contributed by atoms with Gasteiger partial charge in [0.25, 0.3) is 0 Å². The van der Waals surface area contributed by atoms with E-state index in [0.717, 1.165) is 36.2 Å². The molecule has 7 nitrogen and oxygen atoms in total. The fourth-order valence-electron chi connectivity index (χ4n) is 3.33. The molecule has 1 fully saturated rings. The molecule has 1 heterocycles. The minimum absolute atomic E-state index is 0. The van der Waals surface area contributed by atoms with Crippen LogP contribution >= 0.6 is 24.0 Å². The maximum Gasteiger partial charge on any atom is 0.191 e. The molecule has 1 aromatic carbocycles. The summed E-state index contributed by atoms with van der Waals surface area (Å²) in [6, 6.07) is 7.70. The van der Waals surface area contributed by atoms with Crippen LogP contribution in [0.15, 0.2) is 29.3 Å². The lowest BCUT2D eigenvalue weighted by Gasteiger charge is -2.41. The summed E-state index contributed by atoms with van der Waals surface area (Å²) in [7, 11) is 1.65. The molecule has 0 radical (unpaired) electrons. The van der Waals surface area contributed by atoms with Crippen molar-refractivity contribution in [2.75, 3.05) is 20.2 Å². The number of hydrogen-bond acceptors (Lipinski definition) is 4. The first kappa shape index (κ1) is 22.4. The summed E-state index contributed by atoms with van der Waals surface area (Å²) >= 11 is 0. The number of rotatable bonds is 8. The van der Waals surface area contributed by atoms with Gasteiger partial charge in [-0.15, -0.1) is 24.0 Å². The number of aromatic nitrogens is 3. The van der Waals surface area contributed by atoms with Crippen molar-refractivity contribution in [2.24, 2.45) is 10.4 Å². The maximum absolute atomic E-state index is 5.18. The molecule has 154 valence electrons. The van der Waals surface area contributed by atoms with E-state index in [-0.39, 0.29) is 24.0 Å². The van der Waals surface area contributed by atoms with Crippen molar-refractivity contribution in [1.29, 1.82) is 0 Å². The van der Waals surface area contributed by atoms with E-state index in [2.05, 4.69) is 44.7 Å². The van der Waals surface area contributed by atoms with Crippen molar-refractivity contribution in [2.45, 2.75) is 46.1 Å². The van der Waals surface area contributed by atoms with Crippen LogP contribution in [-0.4, -0.2) is 41.3 Å². The maximum atomic E-state index is 5.18. The van der Waals surface area contributed by atoms with Gasteiger partial charge in [0.15, 0.2) is 11.8 Å². The van der Waals surface area contributed by atoms with E-state index in [9.17, 15) is 0 Å². The molecule has 2 aromatic rings. The van der Waals surface area contributed by atoms with Gasteiger partial charge in [-0.2, -0.15) is 5.10 Å². The fraction of sp³-hybridized carbons (Fsp3) is 0.550. The smallest absolute Gasteiger partial charge is 0.191 e. The molecule has 1 saturated carbocycles. The first-order chi connectivity index (χ1) is 13.2. The Morgan fingerprint density at radius 2 is 1.96 bits per heavy atom. The molecule has 0 unspecified atom stereocenters. The quantitative estimate of drug-likeness (QED) is 0.293. The molecule has 3 rings (SSSR count). The Hall–Kier alpha value is -1.84. The van der Waals surface area contributed by atoms with Crippen molar-refractivity contribution in [3.8, 4) is 17.1 Å². The number of ether oxygens (including phenoxy) is 1. The molecule has 0 bridgehead atoms. The van der Waals surface area contributed by atoms with E-state index in [4.69, 9.17) is 4.74 Å². The molecule has 1 aromatic heterocycles. The third kappa shape index (κ3) is 5.59. The Kier molecular flexibility index (Phi) is 8.53. The Bertz CT molecular complexity index is 749. The van der Waals surface area contributed by atoms with Gasteiger partial charge < -0.3 is 15.4 Å². The van der Waals surface area contributed by atoms with Gasteiger partial charge in [-0.1, -0.05) is 13.3 Å². The summed E-state index contributed by atoms with van der Waals surface area (Å²) in [6.07, 6.45) is 5.18. The van der Waals surface area contributed by atoms with Crippen molar-refractivity contribution in [3.63, 3.8) is 0 Å². The van der Waals surface area contributed by atoms with Crippen LogP contribution in [0.2, 0.25) is 0 Å². The largest absolute Gasteiger partial charge is 0.497 e. The molecule has 1 aliphatic carbocycles. The number of guanidine groups is 1. The first-order valence-electron chi connectivity index (χ1n) is 9.76. The second kappa shape index (κ2) is 10.6. The third-order valence-electron chi connectivity index (χ3n) is 5.41. The van der Waals surface area contributed by atoms with Crippen LogP contribution in [0.5, 0.6) is 5.75 Å². The molecular weight excluding hydrogens is 467 g/mol. The Morgan fingerprint density at radius 1 is 1.21 bits per heavy atom. The summed E-state index contributed by atoms with van der Waals surface area (Å²) in [5.41, 5.74) is 1.39. The van der Waals surface area contributed by atoms with Crippen LogP contribution in [0.25, 0.3) is 11.4 Å². The van der Waals surface area contributed by atoms with Crippen LogP contribution in [0.1, 0.15) is 45.4 Å². The predicted octanol–water partition coefficient (Wildman–Crippen LogP) is 3.73. The minimum Gasteiger partial charge on any atom is -0.497 e. The molecule has 0 saturated heterocycles. The number of halogens is 1. The minimum atomic E-state index is 0. The van der Waals surface area contributed by atoms with Gasteiger partial charge >= 0.3 is 0 Å². The first-order valence-corrected chi connectivity index (χ1v) is 9.76. The Morgan fingerprint density at radius 3 is 2.54 bits per heavy atom. The van der Waals surface area contributed by atoms with Crippen molar-refractivity contribution < 1.29 is 4.74 Å². The lowest BCUT2D eigenvalue weighted by molar-refractivity contribution is 0.131. The molecule has 3 N–H and O–H groups in total. The normalized spacial score (nSPS) is 15.3. The van der Waals surface area contributed by atoms with Gasteiger partial charge in [-0.25, -0.2) is 9.98 Å². The highest BCUT2D eigenvalue weighted by Crippen LogP contribution is 2.42. The van der Waals surface area contributed by atoms with E-state index in [1.165, 1.54) is 25.7 Å². The second-order valence-corrected chi connectivity index (χ2v) is 7.09. The van der Waals surface area contributed by atoms with Gasteiger partial charge in [0.2, 0.25) is 0 Å². The van der Waals surface area contributed by atoms with Gasteiger partial charge in [-0.05, 0) is 55.9 Å². The average Bonchev–Trinajstić information content (AvgIpc) is 3.14. The highest BCUT2D eigenvalue weighted by atomic mass is 127. The molecule has 28 heavy (non-hydrogen) atoms. The van der Waals surface area contributed by atoms with Crippen LogP contribution < -0.4 is 15.4 Å². The highest BCUT2D eigenvalue weighted by molar-refractivity contribution is 14.0. The number of hydrogen-bond donors (Lipinski definition) is 3. The number of benzene rings is 1. The molecule has 0 amide bonds. The van der Waals surface area contributed by atoms with Gasteiger partial charge in [0.05, 0.1) is 7.11 Å². The van der Waals surface area contributed by atoms with E-state index >= 15 is 0 Å². The van der Waals surface area contributed by atoms with Crippen molar-refractivity contribution in [3.05, 3.63) is 30.1 Å². The van der Waals surface area contributed by atoms with Gasteiger partial charge in [0.1, 0.15) is 18.1 Å². The fourth-order valence-corrected chi connectivity index (χ4v) is 3.33. The lowest BCUT2D eigenvalue weighted by atomic mass is 9.67. The molecule has 8 heteroatoms. The molecular formula is C20H31IN6O. The zero-order chi connectivity index (χ0) is 19.1. The predicted molar refractivity (Wildman–Crippen MR) is 123 cm³/mol. The Balaban J connectivity index is 0.00000280. The number of aliphatic imine (C=N–C) groups is 1. The summed E-state index contributed by atoms with van der Waals surface area (Å²) in [5.74, 6) is 3.06. The SMILES string of the molecule is CCNC(=NCc1nc(-c2ccc(OC)cc2)n[nH]1)NCC1(CC)CCC1.I. The van der Waals surface area contributed by atoms with Gasteiger partial charge in [-0.3, -0.25) is 5.10 Å². The van der Waals surface area contributed by atoms with E-state index in [1.807, 2.05) is 24.3 Å². The summed E-state index contributed by atoms with van der Waals surface area (Å²) in [6.45, 7) is 6.62. The number of aromatic amines is 1. The molecule has 0 atom stereocenters. The van der Waals surface area contributed by atoms with E-state index in [1.54, 1.807) is 7.11 Å². The molecule has 0 aliphatic heterocycles. The highest BCUT2D eigenvalue weighted by Gasteiger charge is 2.34. The van der Waals surface area contributed by atoms with Gasteiger partial charge in [0, 0.05) is 18.7 Å². The van der Waals surface area contributed by atoms with E-state index < -0.39 is 0 Å².